The Balaban J connectivity index is 1.75. The van der Waals surface area contributed by atoms with Crippen molar-refractivity contribution in [2.45, 2.75) is 77.0 Å². The van der Waals surface area contributed by atoms with Crippen molar-refractivity contribution in [1.82, 2.24) is 5.32 Å². The van der Waals surface area contributed by atoms with Crippen LogP contribution in [0.3, 0.4) is 0 Å². The summed E-state index contributed by atoms with van der Waals surface area (Å²) >= 11 is 0. The van der Waals surface area contributed by atoms with Crippen LogP contribution in [0.15, 0.2) is 5.16 Å². The van der Waals surface area contributed by atoms with Gasteiger partial charge in [-0.25, -0.2) is 4.79 Å². The normalized spacial score (nSPS) is 28.8. The second-order valence-electron chi connectivity index (χ2n) is 6.79. The third kappa shape index (κ3) is 4.51. The number of hydrogen-bond acceptors (Lipinski definition) is 5. The molecule has 6 nitrogen and oxygen atoms in total. The Morgan fingerprint density at radius 3 is 2.67 bits per heavy atom. The maximum absolute atomic E-state index is 11.8. The Kier molecular flexibility index (Phi) is 4.64. The monoisotopic (exact) mass is 298 g/mol. The van der Waals surface area contributed by atoms with Crippen molar-refractivity contribution >= 4 is 12.0 Å². The minimum Gasteiger partial charge on any atom is -0.479 e. The smallest absolute Gasteiger partial charge is 0.407 e. The third-order valence-corrected chi connectivity index (χ3v) is 3.74. The maximum atomic E-state index is 11.8. The first kappa shape index (κ1) is 15.9. The standard InChI is InChI=1S/C15H26N2O4/c1-5-19-12-10-15(21-17-12)8-6-11(7-9-15)16-13(18)20-14(2,3)4/h11H,5-10H2,1-4H3,(H,16,18). The Bertz CT molecular complexity index is 406. The van der Waals surface area contributed by atoms with E-state index in [0.717, 1.165) is 32.1 Å². The highest BCUT2D eigenvalue weighted by Gasteiger charge is 2.43. The van der Waals surface area contributed by atoms with Crippen molar-refractivity contribution in [2.24, 2.45) is 5.16 Å². The molecule has 2 rings (SSSR count). The minimum absolute atomic E-state index is 0.144. The molecule has 1 amide bonds. The average molecular weight is 298 g/mol. The van der Waals surface area contributed by atoms with Crippen molar-refractivity contribution in [1.29, 1.82) is 0 Å². The Hall–Kier alpha value is -1.46. The summed E-state index contributed by atoms with van der Waals surface area (Å²) < 4.78 is 10.7. The summed E-state index contributed by atoms with van der Waals surface area (Å²) in [5, 5.41) is 6.95. The van der Waals surface area contributed by atoms with E-state index in [2.05, 4.69) is 10.5 Å². The number of nitrogens with one attached hydrogen (secondary N) is 1. The van der Waals surface area contributed by atoms with E-state index >= 15 is 0 Å². The first-order valence-electron chi connectivity index (χ1n) is 7.69. The van der Waals surface area contributed by atoms with E-state index < -0.39 is 5.60 Å². The second kappa shape index (κ2) is 6.12. The number of carbonyl (C=O) groups excluding carboxylic acids is 1. The lowest BCUT2D eigenvalue weighted by Gasteiger charge is -2.35. The zero-order chi connectivity index (χ0) is 15.5. The summed E-state index contributed by atoms with van der Waals surface area (Å²) in [7, 11) is 0. The summed E-state index contributed by atoms with van der Waals surface area (Å²) in [6.07, 6.45) is 3.87. The molecule has 21 heavy (non-hydrogen) atoms. The van der Waals surface area contributed by atoms with Crippen molar-refractivity contribution in [2.75, 3.05) is 6.61 Å². The summed E-state index contributed by atoms with van der Waals surface area (Å²) in [5.74, 6) is 0.691. The van der Waals surface area contributed by atoms with Crippen molar-refractivity contribution in [3.8, 4) is 0 Å². The molecule has 1 saturated carbocycles. The first-order valence-corrected chi connectivity index (χ1v) is 7.69. The zero-order valence-electron chi connectivity index (χ0n) is 13.4. The molecule has 0 aromatic carbocycles. The van der Waals surface area contributed by atoms with E-state index in [1.54, 1.807) is 0 Å². The van der Waals surface area contributed by atoms with Crippen molar-refractivity contribution < 1.29 is 19.1 Å². The van der Waals surface area contributed by atoms with E-state index in [1.807, 2.05) is 27.7 Å². The molecule has 0 aromatic rings. The number of carbonyl (C=O) groups is 1. The van der Waals surface area contributed by atoms with Gasteiger partial charge in [0.2, 0.25) is 5.90 Å². The first-order chi connectivity index (χ1) is 9.82. The van der Waals surface area contributed by atoms with Crippen LogP contribution in [0, 0.1) is 0 Å². The molecule has 0 saturated heterocycles. The molecule has 1 heterocycles. The minimum atomic E-state index is -0.464. The molecule has 0 aromatic heterocycles. The molecule has 0 unspecified atom stereocenters. The SMILES string of the molecule is CCOC1=NOC2(CCC(NC(=O)OC(C)(C)C)CC2)C1. The van der Waals surface area contributed by atoms with Gasteiger partial charge >= 0.3 is 6.09 Å². The van der Waals surface area contributed by atoms with Gasteiger partial charge in [-0.05, 0) is 53.4 Å². The largest absolute Gasteiger partial charge is 0.479 e. The number of oxime groups is 1. The van der Waals surface area contributed by atoms with Gasteiger partial charge < -0.3 is 19.6 Å². The van der Waals surface area contributed by atoms with Crippen molar-refractivity contribution in [3.63, 3.8) is 0 Å². The van der Waals surface area contributed by atoms with Gasteiger partial charge in [0, 0.05) is 6.04 Å². The lowest BCUT2D eigenvalue weighted by atomic mass is 9.80. The van der Waals surface area contributed by atoms with Crippen LogP contribution < -0.4 is 5.32 Å². The van der Waals surface area contributed by atoms with Gasteiger partial charge in [-0.2, -0.15) is 0 Å². The van der Waals surface area contributed by atoms with Crippen LogP contribution in [-0.4, -0.2) is 35.8 Å². The van der Waals surface area contributed by atoms with Crippen LogP contribution in [0.25, 0.3) is 0 Å². The lowest BCUT2D eigenvalue weighted by Crippen LogP contribution is -2.45. The van der Waals surface area contributed by atoms with Crippen LogP contribution >= 0.6 is 0 Å². The molecule has 1 aliphatic carbocycles. The Labute approximate surface area is 126 Å². The van der Waals surface area contributed by atoms with Gasteiger partial charge in [-0.1, -0.05) is 5.16 Å². The van der Waals surface area contributed by atoms with E-state index in [9.17, 15) is 4.79 Å². The maximum Gasteiger partial charge on any atom is 0.407 e. The fraction of sp³-hybridized carbons (Fsp3) is 0.867. The Morgan fingerprint density at radius 2 is 2.10 bits per heavy atom. The third-order valence-electron chi connectivity index (χ3n) is 3.74. The highest BCUT2D eigenvalue weighted by Crippen LogP contribution is 2.38. The predicted octanol–water partition coefficient (Wildman–Crippen LogP) is 2.96. The van der Waals surface area contributed by atoms with Gasteiger partial charge in [0.1, 0.15) is 11.2 Å². The number of alkyl carbamates (subject to hydrolysis) is 1. The van der Waals surface area contributed by atoms with Gasteiger partial charge in [-0.15, -0.1) is 0 Å². The summed E-state index contributed by atoms with van der Waals surface area (Å²) in [6.45, 7) is 8.14. The molecule has 1 fully saturated rings. The van der Waals surface area contributed by atoms with E-state index in [1.165, 1.54) is 0 Å². The van der Waals surface area contributed by atoms with Crippen LogP contribution in [0.4, 0.5) is 4.79 Å². The van der Waals surface area contributed by atoms with E-state index in [4.69, 9.17) is 14.3 Å². The highest BCUT2D eigenvalue weighted by molar-refractivity contribution is 5.78. The number of ether oxygens (including phenoxy) is 2. The molecule has 1 spiro atoms. The molecule has 0 atom stereocenters. The number of rotatable bonds is 2. The van der Waals surface area contributed by atoms with Gasteiger partial charge in [0.05, 0.1) is 13.0 Å². The summed E-state index contributed by atoms with van der Waals surface area (Å²) in [6, 6.07) is 0.144. The molecule has 6 heteroatoms. The van der Waals surface area contributed by atoms with Gasteiger partial charge in [-0.3, -0.25) is 0 Å². The van der Waals surface area contributed by atoms with Crippen LogP contribution in [-0.2, 0) is 14.3 Å². The predicted molar refractivity (Wildman–Crippen MR) is 79.1 cm³/mol. The van der Waals surface area contributed by atoms with Crippen molar-refractivity contribution in [3.05, 3.63) is 0 Å². The van der Waals surface area contributed by atoms with Crippen LogP contribution in [0.5, 0.6) is 0 Å². The Morgan fingerprint density at radius 1 is 1.43 bits per heavy atom. The van der Waals surface area contributed by atoms with Crippen LogP contribution in [0.1, 0.15) is 59.8 Å². The summed E-state index contributed by atoms with van der Waals surface area (Å²) in [4.78, 5) is 17.4. The van der Waals surface area contributed by atoms with E-state index in [0.29, 0.717) is 12.5 Å². The average Bonchev–Trinajstić information content (AvgIpc) is 2.74. The molecule has 1 N–H and O–H groups in total. The molecule has 2 aliphatic rings. The van der Waals surface area contributed by atoms with Crippen LogP contribution in [0.2, 0.25) is 0 Å². The lowest BCUT2D eigenvalue weighted by molar-refractivity contribution is -0.0505. The van der Waals surface area contributed by atoms with E-state index in [-0.39, 0.29) is 17.7 Å². The molecule has 1 aliphatic heterocycles. The second-order valence-corrected chi connectivity index (χ2v) is 6.79. The fourth-order valence-electron chi connectivity index (χ4n) is 2.76. The molecule has 120 valence electrons. The molecular formula is C15H26N2O4. The fourth-order valence-corrected chi connectivity index (χ4v) is 2.76. The molecule has 0 bridgehead atoms. The molecular weight excluding hydrogens is 272 g/mol. The summed E-state index contributed by atoms with van der Waals surface area (Å²) in [5.41, 5.74) is -0.689. The number of nitrogens with zero attached hydrogens (tertiary/aromatic N) is 1. The zero-order valence-corrected chi connectivity index (χ0v) is 13.4. The van der Waals surface area contributed by atoms with Gasteiger partial charge in [0.15, 0.2) is 0 Å². The molecule has 0 radical (unpaired) electrons. The number of hydrogen-bond donors (Lipinski definition) is 1. The number of amides is 1. The van der Waals surface area contributed by atoms with Gasteiger partial charge in [0.25, 0.3) is 0 Å². The quantitative estimate of drug-likeness (QED) is 0.851. The topological polar surface area (TPSA) is 69.2 Å². The highest BCUT2D eigenvalue weighted by atomic mass is 16.7.